The Morgan fingerprint density at radius 1 is 1.32 bits per heavy atom. The molecule has 1 aromatic rings. The van der Waals surface area contributed by atoms with Crippen molar-refractivity contribution in [2.45, 2.75) is 32.2 Å². The largest absolute Gasteiger partial charge is 0.497 e. The molecular weight excluding hydrogens is 240 g/mol. The maximum atomic E-state index is 11.9. The molecule has 4 heteroatoms. The molecule has 106 valence electrons. The van der Waals surface area contributed by atoms with Crippen molar-refractivity contribution in [2.24, 2.45) is 5.73 Å². The van der Waals surface area contributed by atoms with Crippen molar-refractivity contribution >= 4 is 5.91 Å². The average molecular weight is 264 g/mol. The molecule has 0 saturated carbocycles. The predicted molar refractivity (Wildman–Crippen MR) is 77.0 cm³/mol. The molecular formula is C15H24N2O2. The van der Waals surface area contributed by atoms with Crippen LogP contribution in [-0.4, -0.2) is 31.5 Å². The minimum absolute atomic E-state index is 0.180. The zero-order chi connectivity index (χ0) is 14.1. The molecule has 0 saturated heterocycles. The van der Waals surface area contributed by atoms with Crippen molar-refractivity contribution in [3.8, 4) is 5.75 Å². The van der Waals surface area contributed by atoms with Crippen LogP contribution < -0.4 is 10.5 Å². The van der Waals surface area contributed by atoms with E-state index >= 15 is 0 Å². The van der Waals surface area contributed by atoms with Crippen molar-refractivity contribution in [2.75, 3.05) is 20.7 Å². The molecule has 2 N–H and O–H groups in total. The van der Waals surface area contributed by atoms with E-state index in [9.17, 15) is 4.79 Å². The van der Waals surface area contributed by atoms with Crippen LogP contribution in [0.4, 0.5) is 0 Å². The van der Waals surface area contributed by atoms with Crippen LogP contribution in [0.5, 0.6) is 5.75 Å². The predicted octanol–water partition coefficient (Wildman–Crippen LogP) is 2.17. The molecule has 0 radical (unpaired) electrons. The van der Waals surface area contributed by atoms with Crippen LogP contribution in [-0.2, 0) is 11.3 Å². The molecule has 1 aromatic carbocycles. The Balaban J connectivity index is 2.40. The van der Waals surface area contributed by atoms with Gasteiger partial charge < -0.3 is 15.4 Å². The van der Waals surface area contributed by atoms with E-state index in [0.717, 1.165) is 30.6 Å². The first-order valence-electron chi connectivity index (χ1n) is 6.74. The molecule has 0 spiro atoms. The summed E-state index contributed by atoms with van der Waals surface area (Å²) in [5.74, 6) is 1.00. The fourth-order valence-corrected chi connectivity index (χ4v) is 1.92. The summed E-state index contributed by atoms with van der Waals surface area (Å²) in [6.45, 7) is 1.32. The Bertz CT molecular complexity index is 393. The number of ether oxygens (including phenoxy) is 1. The third kappa shape index (κ3) is 5.75. The molecule has 0 aromatic heterocycles. The van der Waals surface area contributed by atoms with Gasteiger partial charge in [-0.2, -0.15) is 0 Å². The molecule has 0 aliphatic carbocycles. The Kier molecular flexibility index (Phi) is 6.97. The van der Waals surface area contributed by atoms with Gasteiger partial charge in [0.2, 0.25) is 5.91 Å². The van der Waals surface area contributed by atoms with E-state index in [1.165, 1.54) is 0 Å². The second-order valence-electron chi connectivity index (χ2n) is 4.70. The number of unbranched alkanes of at least 4 members (excludes halogenated alkanes) is 2. The van der Waals surface area contributed by atoms with Gasteiger partial charge in [0.1, 0.15) is 5.75 Å². The fraction of sp³-hybridized carbons (Fsp3) is 0.533. The van der Waals surface area contributed by atoms with Crippen LogP contribution in [0.15, 0.2) is 24.3 Å². The summed E-state index contributed by atoms with van der Waals surface area (Å²) in [6.07, 6.45) is 3.53. The number of hydrogen-bond donors (Lipinski definition) is 1. The van der Waals surface area contributed by atoms with E-state index in [1.54, 1.807) is 12.0 Å². The second-order valence-corrected chi connectivity index (χ2v) is 4.70. The number of rotatable bonds is 8. The molecule has 0 atom stereocenters. The third-order valence-electron chi connectivity index (χ3n) is 3.07. The molecule has 0 unspecified atom stereocenters. The van der Waals surface area contributed by atoms with Crippen LogP contribution in [0.3, 0.4) is 0 Å². The fourth-order valence-electron chi connectivity index (χ4n) is 1.92. The van der Waals surface area contributed by atoms with E-state index in [2.05, 4.69) is 0 Å². The lowest BCUT2D eigenvalue weighted by atomic mass is 10.1. The van der Waals surface area contributed by atoms with Gasteiger partial charge in [0, 0.05) is 20.0 Å². The zero-order valence-corrected chi connectivity index (χ0v) is 11.9. The van der Waals surface area contributed by atoms with Gasteiger partial charge in [-0.05, 0) is 37.1 Å². The number of amides is 1. The summed E-state index contributed by atoms with van der Waals surface area (Å²) >= 11 is 0. The molecule has 0 heterocycles. The summed E-state index contributed by atoms with van der Waals surface area (Å²) in [7, 11) is 3.48. The van der Waals surface area contributed by atoms with Crippen molar-refractivity contribution in [1.29, 1.82) is 0 Å². The summed E-state index contributed by atoms with van der Waals surface area (Å²) < 4.78 is 5.17. The van der Waals surface area contributed by atoms with E-state index in [0.29, 0.717) is 19.5 Å². The summed E-state index contributed by atoms with van der Waals surface area (Å²) in [4.78, 5) is 13.7. The molecule has 0 bridgehead atoms. The van der Waals surface area contributed by atoms with Crippen LogP contribution in [0, 0.1) is 0 Å². The first-order valence-corrected chi connectivity index (χ1v) is 6.74. The Morgan fingerprint density at radius 2 is 2.11 bits per heavy atom. The van der Waals surface area contributed by atoms with Gasteiger partial charge in [-0.3, -0.25) is 4.79 Å². The Morgan fingerprint density at radius 3 is 2.79 bits per heavy atom. The smallest absolute Gasteiger partial charge is 0.222 e. The van der Waals surface area contributed by atoms with E-state index < -0.39 is 0 Å². The van der Waals surface area contributed by atoms with Gasteiger partial charge in [-0.15, -0.1) is 0 Å². The highest BCUT2D eigenvalue weighted by atomic mass is 16.5. The maximum absolute atomic E-state index is 11.9. The second kappa shape index (κ2) is 8.53. The molecule has 0 aliphatic heterocycles. The van der Waals surface area contributed by atoms with Crippen molar-refractivity contribution < 1.29 is 9.53 Å². The van der Waals surface area contributed by atoms with Crippen molar-refractivity contribution in [3.63, 3.8) is 0 Å². The standard InChI is InChI=1S/C15H24N2O2/c1-17(15(18)9-4-3-5-10-16)12-13-7-6-8-14(11-13)19-2/h6-8,11H,3-5,9-10,12,16H2,1-2H3. The van der Waals surface area contributed by atoms with E-state index in [-0.39, 0.29) is 5.91 Å². The number of hydrogen-bond acceptors (Lipinski definition) is 3. The number of benzene rings is 1. The highest BCUT2D eigenvalue weighted by Crippen LogP contribution is 2.14. The van der Waals surface area contributed by atoms with E-state index in [1.807, 2.05) is 31.3 Å². The summed E-state index contributed by atoms with van der Waals surface area (Å²) in [6, 6.07) is 7.80. The quantitative estimate of drug-likeness (QED) is 0.732. The lowest BCUT2D eigenvalue weighted by Crippen LogP contribution is -2.25. The lowest BCUT2D eigenvalue weighted by molar-refractivity contribution is -0.130. The van der Waals surface area contributed by atoms with Gasteiger partial charge in [0.25, 0.3) is 0 Å². The minimum Gasteiger partial charge on any atom is -0.497 e. The van der Waals surface area contributed by atoms with Crippen LogP contribution in [0.1, 0.15) is 31.2 Å². The number of carbonyl (C=O) groups excluding carboxylic acids is 1. The Hall–Kier alpha value is -1.55. The molecule has 19 heavy (non-hydrogen) atoms. The molecule has 4 nitrogen and oxygen atoms in total. The SMILES string of the molecule is COc1cccc(CN(C)C(=O)CCCCCN)c1. The monoisotopic (exact) mass is 264 g/mol. The molecule has 0 fully saturated rings. The van der Waals surface area contributed by atoms with Gasteiger partial charge in [0.15, 0.2) is 0 Å². The van der Waals surface area contributed by atoms with Crippen LogP contribution >= 0.6 is 0 Å². The molecule has 1 amide bonds. The third-order valence-corrected chi connectivity index (χ3v) is 3.07. The van der Waals surface area contributed by atoms with Gasteiger partial charge in [-0.25, -0.2) is 0 Å². The van der Waals surface area contributed by atoms with Crippen molar-refractivity contribution in [3.05, 3.63) is 29.8 Å². The van der Waals surface area contributed by atoms with E-state index in [4.69, 9.17) is 10.5 Å². The normalized spacial score (nSPS) is 10.3. The first kappa shape index (κ1) is 15.5. The van der Waals surface area contributed by atoms with Gasteiger partial charge >= 0.3 is 0 Å². The topological polar surface area (TPSA) is 55.6 Å². The molecule has 0 aliphatic rings. The highest BCUT2D eigenvalue weighted by molar-refractivity contribution is 5.75. The average Bonchev–Trinajstić information content (AvgIpc) is 2.43. The maximum Gasteiger partial charge on any atom is 0.222 e. The molecule has 1 rings (SSSR count). The van der Waals surface area contributed by atoms with Gasteiger partial charge in [-0.1, -0.05) is 18.6 Å². The first-order chi connectivity index (χ1) is 9.17. The zero-order valence-electron chi connectivity index (χ0n) is 11.9. The summed E-state index contributed by atoms with van der Waals surface area (Å²) in [5.41, 5.74) is 6.51. The number of nitrogens with two attached hydrogens (primary N) is 1. The highest BCUT2D eigenvalue weighted by Gasteiger charge is 2.09. The minimum atomic E-state index is 0.180. The number of nitrogens with zero attached hydrogens (tertiary/aromatic N) is 1. The Labute approximate surface area is 115 Å². The number of carbonyl (C=O) groups is 1. The number of methoxy groups -OCH3 is 1. The van der Waals surface area contributed by atoms with Crippen LogP contribution in [0.25, 0.3) is 0 Å². The van der Waals surface area contributed by atoms with Crippen LogP contribution in [0.2, 0.25) is 0 Å². The lowest BCUT2D eigenvalue weighted by Gasteiger charge is -2.17. The summed E-state index contributed by atoms with van der Waals surface area (Å²) in [5, 5.41) is 0. The van der Waals surface area contributed by atoms with Gasteiger partial charge in [0.05, 0.1) is 7.11 Å². The van der Waals surface area contributed by atoms with Crippen molar-refractivity contribution in [1.82, 2.24) is 4.90 Å².